The fraction of sp³-hybridized carbons (Fsp3) is 0.290. The average molecular weight is 505 g/mol. The number of hydrogen-bond acceptors (Lipinski definition) is 5. The lowest BCUT2D eigenvalue weighted by Crippen LogP contribution is -2.38. The molecular formula is C31H32N6O. The number of benzene rings is 3. The van der Waals surface area contributed by atoms with Crippen molar-refractivity contribution in [3.05, 3.63) is 102 Å². The van der Waals surface area contributed by atoms with E-state index in [1.165, 1.54) is 5.56 Å². The molecule has 1 fully saturated rings. The number of fused-ring (bicyclic) bond motifs is 3. The fourth-order valence-corrected chi connectivity index (χ4v) is 5.52. The summed E-state index contributed by atoms with van der Waals surface area (Å²) in [6.07, 6.45) is 2.34. The number of nitrogens with zero attached hydrogens (tertiary/aromatic N) is 6. The molecule has 0 saturated carbocycles. The van der Waals surface area contributed by atoms with Crippen LogP contribution in [-0.4, -0.2) is 56.6 Å². The van der Waals surface area contributed by atoms with Crippen LogP contribution < -0.4 is 4.90 Å². The van der Waals surface area contributed by atoms with Crippen molar-refractivity contribution in [3.8, 4) is 0 Å². The lowest BCUT2D eigenvalue weighted by Gasteiger charge is -2.27. The number of aromatic nitrogens is 4. The van der Waals surface area contributed by atoms with E-state index >= 15 is 0 Å². The average Bonchev–Trinajstić information content (AvgIpc) is 3.22. The molecule has 0 aliphatic carbocycles. The molecule has 0 spiro atoms. The minimum absolute atomic E-state index is 0.108. The fourth-order valence-electron chi connectivity index (χ4n) is 5.52. The van der Waals surface area contributed by atoms with Crippen molar-refractivity contribution in [3.63, 3.8) is 0 Å². The summed E-state index contributed by atoms with van der Waals surface area (Å²) in [7, 11) is 0. The van der Waals surface area contributed by atoms with Crippen LogP contribution >= 0.6 is 0 Å². The maximum absolute atomic E-state index is 13.6. The van der Waals surface area contributed by atoms with Gasteiger partial charge in [0.1, 0.15) is 5.82 Å². The van der Waals surface area contributed by atoms with Crippen molar-refractivity contribution >= 4 is 28.4 Å². The Kier molecular flexibility index (Phi) is 6.73. The van der Waals surface area contributed by atoms with Gasteiger partial charge in [-0.1, -0.05) is 79.7 Å². The molecule has 6 rings (SSSR count). The molecule has 192 valence electrons. The van der Waals surface area contributed by atoms with E-state index in [-0.39, 0.29) is 11.8 Å². The second-order valence-corrected chi connectivity index (χ2v) is 9.90. The number of rotatable bonds is 6. The van der Waals surface area contributed by atoms with Gasteiger partial charge in [-0.25, -0.2) is 9.38 Å². The first-order chi connectivity index (χ1) is 18.7. The number of para-hydroxylation sites is 1. The third-order valence-corrected chi connectivity index (χ3v) is 7.50. The predicted molar refractivity (Wildman–Crippen MR) is 150 cm³/mol. The second kappa shape index (κ2) is 10.6. The first-order valence-corrected chi connectivity index (χ1v) is 13.5. The summed E-state index contributed by atoms with van der Waals surface area (Å²) in [5, 5.41) is 10.2. The Morgan fingerprint density at radius 2 is 1.58 bits per heavy atom. The van der Waals surface area contributed by atoms with Gasteiger partial charge in [0.25, 0.3) is 0 Å². The molecule has 38 heavy (non-hydrogen) atoms. The van der Waals surface area contributed by atoms with E-state index in [1.54, 1.807) is 0 Å². The monoisotopic (exact) mass is 504 g/mol. The Morgan fingerprint density at radius 1 is 0.842 bits per heavy atom. The van der Waals surface area contributed by atoms with Crippen LogP contribution in [0, 0.1) is 0 Å². The zero-order valence-electron chi connectivity index (χ0n) is 21.7. The van der Waals surface area contributed by atoms with E-state index < -0.39 is 0 Å². The number of carbonyl (C=O) groups is 1. The summed E-state index contributed by atoms with van der Waals surface area (Å²) >= 11 is 0. The Labute approximate surface area is 222 Å². The number of amides is 1. The molecule has 1 unspecified atom stereocenters. The van der Waals surface area contributed by atoms with Gasteiger partial charge in [0.2, 0.25) is 11.9 Å². The molecule has 0 radical (unpaired) electrons. The quantitative estimate of drug-likeness (QED) is 0.322. The van der Waals surface area contributed by atoms with Gasteiger partial charge in [-0.3, -0.25) is 4.79 Å². The first kappa shape index (κ1) is 24.1. The molecule has 2 aromatic heterocycles. The van der Waals surface area contributed by atoms with E-state index in [0.29, 0.717) is 19.5 Å². The maximum atomic E-state index is 13.6. The highest BCUT2D eigenvalue weighted by Gasteiger charge is 2.28. The largest absolute Gasteiger partial charge is 0.340 e. The molecule has 1 atom stereocenters. The van der Waals surface area contributed by atoms with E-state index in [1.807, 2.05) is 59.5 Å². The normalized spacial score (nSPS) is 15.1. The van der Waals surface area contributed by atoms with Crippen LogP contribution in [0.3, 0.4) is 0 Å². The summed E-state index contributed by atoms with van der Waals surface area (Å²) in [4.78, 5) is 23.1. The van der Waals surface area contributed by atoms with Gasteiger partial charge in [0, 0.05) is 38.0 Å². The van der Waals surface area contributed by atoms with Gasteiger partial charge >= 0.3 is 0 Å². The molecule has 3 heterocycles. The SMILES string of the molecule is CCC(C(=O)N1CCCN(c2nc3ccccc3c3nnc(Cc4ccccc4)n23)CC1)c1ccccc1. The molecule has 0 bridgehead atoms. The summed E-state index contributed by atoms with van der Waals surface area (Å²) in [6, 6.07) is 28.6. The predicted octanol–water partition coefficient (Wildman–Crippen LogP) is 5.10. The summed E-state index contributed by atoms with van der Waals surface area (Å²) in [5.41, 5.74) is 4.00. The minimum Gasteiger partial charge on any atom is -0.340 e. The Morgan fingerprint density at radius 3 is 2.37 bits per heavy atom. The van der Waals surface area contributed by atoms with Crippen molar-refractivity contribution in [2.45, 2.75) is 32.1 Å². The van der Waals surface area contributed by atoms with Crippen molar-refractivity contribution in [2.24, 2.45) is 0 Å². The smallest absolute Gasteiger partial charge is 0.230 e. The van der Waals surface area contributed by atoms with Crippen molar-refractivity contribution < 1.29 is 4.79 Å². The summed E-state index contributed by atoms with van der Waals surface area (Å²) in [6.45, 7) is 5.02. The maximum Gasteiger partial charge on any atom is 0.230 e. The van der Waals surface area contributed by atoms with Gasteiger partial charge < -0.3 is 9.80 Å². The van der Waals surface area contributed by atoms with E-state index in [0.717, 1.165) is 59.8 Å². The molecule has 7 nitrogen and oxygen atoms in total. The van der Waals surface area contributed by atoms with Gasteiger partial charge in [-0.2, -0.15) is 0 Å². The first-order valence-electron chi connectivity index (χ1n) is 13.5. The summed E-state index contributed by atoms with van der Waals surface area (Å²) in [5.74, 6) is 1.82. The van der Waals surface area contributed by atoms with Gasteiger partial charge in [0.15, 0.2) is 5.65 Å². The van der Waals surface area contributed by atoms with E-state index in [9.17, 15) is 4.79 Å². The van der Waals surface area contributed by atoms with Crippen LogP contribution in [0.25, 0.3) is 16.6 Å². The third kappa shape index (κ3) is 4.60. The molecular weight excluding hydrogens is 472 g/mol. The van der Waals surface area contributed by atoms with Crippen LogP contribution in [0.15, 0.2) is 84.9 Å². The highest BCUT2D eigenvalue weighted by atomic mass is 16.2. The molecule has 5 aromatic rings. The standard InChI is InChI=1S/C31H32N6O/c1-2-25(24-14-7-4-8-15-24)30(38)35-18-11-19-36(21-20-35)31-32-27-17-10-9-16-26(27)29-34-33-28(37(29)31)22-23-12-5-3-6-13-23/h3-10,12-17,25H,2,11,18-22H2,1H3. The molecule has 1 saturated heterocycles. The number of anilines is 1. The lowest BCUT2D eigenvalue weighted by atomic mass is 9.95. The van der Waals surface area contributed by atoms with E-state index in [2.05, 4.69) is 56.8 Å². The molecule has 3 aromatic carbocycles. The number of hydrogen-bond donors (Lipinski definition) is 0. The van der Waals surface area contributed by atoms with Gasteiger partial charge in [0.05, 0.1) is 11.4 Å². The number of carbonyl (C=O) groups excluding carboxylic acids is 1. The van der Waals surface area contributed by atoms with Crippen LogP contribution in [0.1, 0.15) is 42.6 Å². The Hall–Kier alpha value is -4.26. The van der Waals surface area contributed by atoms with E-state index in [4.69, 9.17) is 4.98 Å². The molecule has 7 heteroatoms. The minimum atomic E-state index is -0.108. The van der Waals surface area contributed by atoms with Crippen LogP contribution in [0.5, 0.6) is 0 Å². The molecule has 1 amide bonds. The lowest BCUT2D eigenvalue weighted by molar-refractivity contribution is -0.132. The molecule has 0 N–H and O–H groups in total. The van der Waals surface area contributed by atoms with Gasteiger partial charge in [-0.15, -0.1) is 10.2 Å². The van der Waals surface area contributed by atoms with Crippen LogP contribution in [0.2, 0.25) is 0 Å². The Bertz CT molecular complexity index is 1550. The third-order valence-electron chi connectivity index (χ3n) is 7.50. The molecule has 1 aliphatic rings. The van der Waals surface area contributed by atoms with Gasteiger partial charge in [-0.05, 0) is 36.1 Å². The topological polar surface area (TPSA) is 66.6 Å². The van der Waals surface area contributed by atoms with Crippen molar-refractivity contribution in [1.29, 1.82) is 0 Å². The van der Waals surface area contributed by atoms with Crippen LogP contribution in [0.4, 0.5) is 5.95 Å². The second-order valence-electron chi connectivity index (χ2n) is 9.90. The Balaban J connectivity index is 1.33. The zero-order valence-corrected chi connectivity index (χ0v) is 21.7. The van der Waals surface area contributed by atoms with Crippen LogP contribution in [-0.2, 0) is 11.2 Å². The highest BCUT2D eigenvalue weighted by molar-refractivity contribution is 5.92. The summed E-state index contributed by atoms with van der Waals surface area (Å²) < 4.78 is 2.12. The van der Waals surface area contributed by atoms with Crippen molar-refractivity contribution in [2.75, 3.05) is 31.1 Å². The highest BCUT2D eigenvalue weighted by Crippen LogP contribution is 2.27. The molecule has 1 aliphatic heterocycles. The zero-order chi connectivity index (χ0) is 25.9. The van der Waals surface area contributed by atoms with Crippen molar-refractivity contribution in [1.82, 2.24) is 24.5 Å².